The fourth-order valence-corrected chi connectivity index (χ4v) is 5.00. The highest BCUT2D eigenvalue weighted by Gasteiger charge is 2.46. The van der Waals surface area contributed by atoms with Crippen LogP contribution in [0.1, 0.15) is 5.56 Å². The molecule has 2 aliphatic rings. The Morgan fingerprint density at radius 1 is 0.660 bits per heavy atom. The number of benzene rings is 3. The number of aromatic hydroxyl groups is 3. The molecular weight excluding hydrogens is 668 g/mol. The second kappa shape index (κ2) is 15.9. The fraction of sp³-hybridized carbons (Fsp3) is 0.364. The molecule has 3 aromatic rings. The predicted molar refractivity (Wildman–Crippen MR) is 166 cm³/mol. The van der Waals surface area contributed by atoms with Crippen molar-refractivity contribution in [1.82, 2.24) is 0 Å². The number of hydrogen-bond donors (Lipinski definition) is 10. The number of para-hydroxylation sites is 2. The van der Waals surface area contributed by atoms with Gasteiger partial charge in [0.1, 0.15) is 61.2 Å². The predicted octanol–water partition coefficient (Wildman–Crippen LogP) is -0.783. The average Bonchev–Trinajstić information content (AvgIpc) is 3.10. The molecule has 50 heavy (non-hydrogen) atoms. The molecule has 2 heterocycles. The third-order valence-electron chi connectivity index (χ3n) is 7.81. The van der Waals surface area contributed by atoms with Crippen molar-refractivity contribution in [2.45, 2.75) is 61.4 Å². The number of hydrogen-bond acceptors (Lipinski definition) is 17. The van der Waals surface area contributed by atoms with Gasteiger partial charge in [-0.25, -0.2) is 4.79 Å². The highest BCUT2D eigenvalue weighted by molar-refractivity contribution is 5.87. The molecule has 2 fully saturated rings. The van der Waals surface area contributed by atoms with E-state index in [1.54, 1.807) is 12.1 Å². The van der Waals surface area contributed by atoms with Crippen LogP contribution >= 0.6 is 0 Å². The van der Waals surface area contributed by atoms with Crippen LogP contribution in [0.2, 0.25) is 0 Å². The number of aliphatic hydroxyl groups excluding tert-OH is 7. The molecule has 0 amide bonds. The van der Waals surface area contributed by atoms with E-state index in [9.17, 15) is 55.9 Å². The molecule has 0 radical (unpaired) electrons. The van der Waals surface area contributed by atoms with E-state index in [1.807, 2.05) is 0 Å². The van der Waals surface area contributed by atoms with Crippen molar-refractivity contribution in [2.75, 3.05) is 13.2 Å². The lowest BCUT2D eigenvalue weighted by Crippen LogP contribution is -2.60. The molecule has 5 rings (SSSR count). The van der Waals surface area contributed by atoms with Crippen LogP contribution in [-0.4, -0.2) is 132 Å². The molecule has 3 aromatic carbocycles. The highest BCUT2D eigenvalue weighted by atomic mass is 16.7. The largest absolute Gasteiger partial charge is 0.504 e. The molecule has 2 saturated heterocycles. The highest BCUT2D eigenvalue weighted by Crippen LogP contribution is 2.38. The van der Waals surface area contributed by atoms with Gasteiger partial charge in [-0.2, -0.15) is 0 Å². The van der Waals surface area contributed by atoms with Crippen LogP contribution < -0.4 is 14.2 Å². The summed E-state index contributed by atoms with van der Waals surface area (Å²) in [5.74, 6) is -2.24. The van der Waals surface area contributed by atoms with Gasteiger partial charge >= 0.3 is 5.97 Å². The number of rotatable bonds is 11. The van der Waals surface area contributed by atoms with Crippen LogP contribution in [0.15, 0.2) is 66.7 Å². The first-order valence-corrected chi connectivity index (χ1v) is 15.2. The third kappa shape index (κ3) is 8.36. The Hall–Kier alpha value is -4.69. The lowest BCUT2D eigenvalue weighted by atomic mass is 9.99. The van der Waals surface area contributed by atoms with E-state index < -0.39 is 86.3 Å². The Morgan fingerprint density at radius 2 is 1.24 bits per heavy atom. The molecule has 0 aromatic heterocycles. The van der Waals surface area contributed by atoms with Crippen molar-refractivity contribution in [3.05, 3.63) is 72.3 Å². The topological polar surface area (TPSA) is 275 Å². The zero-order chi connectivity index (χ0) is 36.1. The minimum absolute atomic E-state index is 0.0290. The van der Waals surface area contributed by atoms with Gasteiger partial charge in [-0.15, -0.1) is 0 Å². The lowest BCUT2D eigenvalue weighted by Gasteiger charge is -2.39. The average molecular weight is 705 g/mol. The minimum Gasteiger partial charge on any atom is -0.504 e. The Balaban J connectivity index is 1.20. The van der Waals surface area contributed by atoms with Gasteiger partial charge in [0.05, 0.1) is 6.61 Å². The summed E-state index contributed by atoms with van der Waals surface area (Å²) in [6, 6.07) is 13.6. The standard InChI is InChI=1S/C33H36O17/c34-13-23-26(39)28(41)30(43)33(49-23)48-22-12-16(7-9-19(22)37)46-21-11-15(5-8-18(21)36)6-10-25(38)45-14-24-27(40)29(42)31(44)32(50-24)47-20-4-2-1-3-17(20)35/h1-12,23-24,26-37,39-44H,13-14H2/t23-,24-,26-,27-,28+,29+,30-,31-,32-,33-/m1/s1. The summed E-state index contributed by atoms with van der Waals surface area (Å²) in [5.41, 5.74) is 0.356. The molecular formula is C33H36O17. The van der Waals surface area contributed by atoms with Gasteiger partial charge in [0.2, 0.25) is 12.6 Å². The first-order valence-electron chi connectivity index (χ1n) is 15.2. The SMILES string of the molecule is O=C(C=Cc1ccc(O)c(Oc2ccc(O)c(O[C@@H]3O[C@H](CO)[C@@H](O)[C@H](O)[C@H]3O)c2)c1)OC[C@H]1O[C@@H](Oc2ccccc2O)[C@H](O)[C@@H](O)[C@@H]1O. The number of carbonyl (C=O) groups excluding carboxylic acids is 1. The second-order valence-electron chi connectivity index (χ2n) is 11.3. The first kappa shape index (κ1) is 36.6. The molecule has 0 bridgehead atoms. The summed E-state index contributed by atoms with van der Waals surface area (Å²) in [4.78, 5) is 12.5. The fourth-order valence-electron chi connectivity index (χ4n) is 5.00. The lowest BCUT2D eigenvalue weighted by molar-refractivity contribution is -0.278. The molecule has 270 valence electrons. The maximum Gasteiger partial charge on any atom is 0.330 e. The van der Waals surface area contributed by atoms with E-state index in [4.69, 9.17) is 28.4 Å². The molecule has 10 N–H and O–H groups in total. The molecule has 10 atom stereocenters. The van der Waals surface area contributed by atoms with E-state index in [-0.39, 0.29) is 34.5 Å². The van der Waals surface area contributed by atoms with Crippen molar-refractivity contribution in [1.29, 1.82) is 0 Å². The molecule has 2 aliphatic heterocycles. The molecule has 17 nitrogen and oxygen atoms in total. The summed E-state index contributed by atoms with van der Waals surface area (Å²) in [7, 11) is 0. The van der Waals surface area contributed by atoms with Gasteiger partial charge < -0.3 is 79.5 Å². The number of carbonyl (C=O) groups is 1. The summed E-state index contributed by atoms with van der Waals surface area (Å²) >= 11 is 0. The number of esters is 1. The van der Waals surface area contributed by atoms with Crippen molar-refractivity contribution < 1.29 is 84.3 Å². The van der Waals surface area contributed by atoms with E-state index >= 15 is 0 Å². The Labute approximate surface area is 283 Å². The smallest absolute Gasteiger partial charge is 0.330 e. The van der Waals surface area contributed by atoms with Gasteiger partial charge in [-0.3, -0.25) is 0 Å². The summed E-state index contributed by atoms with van der Waals surface area (Å²) in [5, 5.41) is 101. The van der Waals surface area contributed by atoms with Crippen molar-refractivity contribution in [3.8, 4) is 40.2 Å². The van der Waals surface area contributed by atoms with Gasteiger partial charge in [0, 0.05) is 12.1 Å². The summed E-state index contributed by atoms with van der Waals surface area (Å²) in [6.45, 7) is -1.24. The van der Waals surface area contributed by atoms with Crippen LogP contribution in [0.5, 0.6) is 40.2 Å². The number of aliphatic hydroxyl groups is 7. The van der Waals surface area contributed by atoms with E-state index in [0.717, 1.165) is 6.08 Å². The summed E-state index contributed by atoms with van der Waals surface area (Å²) in [6.07, 6.45) is -13.4. The minimum atomic E-state index is -1.74. The molecule has 0 aliphatic carbocycles. The first-order chi connectivity index (χ1) is 23.9. The Morgan fingerprint density at radius 3 is 1.92 bits per heavy atom. The van der Waals surface area contributed by atoms with E-state index in [0.29, 0.717) is 5.56 Å². The molecule has 17 heteroatoms. The quantitative estimate of drug-likeness (QED) is 0.0866. The van der Waals surface area contributed by atoms with Crippen molar-refractivity contribution in [2.24, 2.45) is 0 Å². The van der Waals surface area contributed by atoms with Gasteiger partial charge in [0.25, 0.3) is 0 Å². The normalized spacial score (nSPS) is 29.7. The van der Waals surface area contributed by atoms with Gasteiger partial charge in [-0.1, -0.05) is 18.2 Å². The number of phenols is 3. The maximum atomic E-state index is 12.5. The summed E-state index contributed by atoms with van der Waals surface area (Å²) < 4.78 is 32.6. The van der Waals surface area contributed by atoms with Crippen LogP contribution in [0.3, 0.4) is 0 Å². The Bertz CT molecular complexity index is 1650. The van der Waals surface area contributed by atoms with Gasteiger partial charge in [-0.05, 0) is 48.0 Å². The van der Waals surface area contributed by atoms with E-state index in [1.165, 1.54) is 54.6 Å². The second-order valence-corrected chi connectivity index (χ2v) is 11.3. The monoisotopic (exact) mass is 704 g/mol. The van der Waals surface area contributed by atoms with Gasteiger partial charge in [0.15, 0.2) is 34.5 Å². The zero-order valence-electron chi connectivity index (χ0n) is 25.9. The van der Waals surface area contributed by atoms with Crippen LogP contribution in [-0.2, 0) is 19.0 Å². The molecule has 0 spiro atoms. The number of phenolic OH excluding ortho intramolecular Hbond substituents is 3. The maximum absolute atomic E-state index is 12.5. The van der Waals surface area contributed by atoms with Crippen molar-refractivity contribution >= 4 is 12.0 Å². The van der Waals surface area contributed by atoms with Crippen LogP contribution in [0.25, 0.3) is 6.08 Å². The van der Waals surface area contributed by atoms with Crippen LogP contribution in [0, 0.1) is 0 Å². The molecule has 0 saturated carbocycles. The zero-order valence-corrected chi connectivity index (χ0v) is 25.9. The third-order valence-corrected chi connectivity index (χ3v) is 7.81. The Kier molecular flexibility index (Phi) is 11.6. The van der Waals surface area contributed by atoms with E-state index in [2.05, 4.69) is 0 Å². The van der Waals surface area contributed by atoms with Crippen LogP contribution in [0.4, 0.5) is 0 Å². The van der Waals surface area contributed by atoms with Crippen molar-refractivity contribution in [3.63, 3.8) is 0 Å². The molecule has 0 unspecified atom stereocenters. The number of ether oxygens (including phenoxy) is 6.